The van der Waals surface area contributed by atoms with Gasteiger partial charge in [0.15, 0.2) is 11.6 Å². The van der Waals surface area contributed by atoms with E-state index >= 15 is 4.39 Å². The number of aliphatic carboxylic acids is 1. The summed E-state index contributed by atoms with van der Waals surface area (Å²) < 4.78 is 67.7. The number of aromatic nitrogens is 9. The van der Waals surface area contributed by atoms with Gasteiger partial charge >= 0.3 is 5.97 Å². The second-order valence-electron chi connectivity index (χ2n) is 34.3. The lowest BCUT2D eigenvalue weighted by molar-refractivity contribution is -0.143. The van der Waals surface area contributed by atoms with Crippen LogP contribution in [0.3, 0.4) is 0 Å². The van der Waals surface area contributed by atoms with E-state index in [4.69, 9.17) is 54.1 Å². The number of ether oxygens (including phenoxy) is 9. The Labute approximate surface area is 816 Å². The molecule has 141 heavy (non-hydrogen) atoms. The van der Waals surface area contributed by atoms with E-state index in [0.717, 1.165) is 66.6 Å². The van der Waals surface area contributed by atoms with Crippen molar-refractivity contribution in [1.82, 2.24) is 93.4 Å². The first kappa shape index (κ1) is 115. The van der Waals surface area contributed by atoms with Gasteiger partial charge in [-0.3, -0.25) is 62.2 Å². The zero-order chi connectivity index (χ0) is 103. The molecule has 7 rings (SSSR count). The molecule has 0 saturated carbocycles. The number of halogens is 1. The summed E-state index contributed by atoms with van der Waals surface area (Å²) in [6, 6.07) is 11.1. The maximum Gasteiger partial charge on any atom is 0.305 e. The Balaban J connectivity index is 0.934. The zero-order valence-corrected chi connectivity index (χ0v) is 81.1. The number of H-pyrrole nitrogens is 2. The van der Waals surface area contributed by atoms with Crippen molar-refractivity contribution < 1.29 is 125 Å². The molecule has 0 saturated heterocycles. The summed E-state index contributed by atoms with van der Waals surface area (Å²) >= 11 is 0. The maximum atomic E-state index is 15.6. The first-order chi connectivity index (χ1) is 67.6. The third kappa shape index (κ3) is 41.6. The molecule has 45 nitrogen and oxygen atoms in total. The fourth-order valence-corrected chi connectivity index (χ4v) is 14.5. The summed E-state index contributed by atoms with van der Waals surface area (Å²) in [4.78, 5) is 174. The molecule has 46 heteroatoms. The Morgan fingerprint density at radius 2 is 1.16 bits per heavy atom. The number of primary amides is 1. The average molecular weight is 1980 g/mol. The van der Waals surface area contributed by atoms with Gasteiger partial charge in [0.05, 0.1) is 156 Å². The number of tetrazole rings is 1. The van der Waals surface area contributed by atoms with Gasteiger partial charge in [0, 0.05) is 70.0 Å². The number of imidazole rings is 1. The van der Waals surface area contributed by atoms with Gasteiger partial charge in [-0.2, -0.15) is 5.21 Å². The molecule has 0 unspecified atom stereocenters. The number of amides is 10. The smallest absolute Gasteiger partial charge is 0.305 e. The molecule has 10 amide bonds. The summed E-state index contributed by atoms with van der Waals surface area (Å²) in [6.45, 7) is 19.0. The Morgan fingerprint density at radius 3 is 1.74 bits per heavy atom. The third-order valence-electron chi connectivity index (χ3n) is 22.2. The molecule has 0 aliphatic heterocycles. The SMILES string of the molecule is CCc1cc(OCCCCn2cc(COCCOCCOCCOCCOCCOCCOCCOCCN)nn2)ccc1-c1ccc(C[C@H](NC(=O)[C@H](CC(=O)O)NC(=O)[C@H](CO)NC(=O)[C@@H](NC(=O)[C@@](C)(Cc2ccccc2F)NC(=O)[C@@H](NC(=O)CCC(=O)[C@H](Cc2nn[nH]n2)NC(=O)C(C)(C)C(=O)NCCc2cnc[nH]2)[C@@H](C)O)[C@@H](C)O)C(=O)N[C@@H](CCCc2cc(C)cc(C)c2)C(N)=O)cc1. The number of carboxylic acids is 1. The second kappa shape index (κ2) is 61.8. The number of Topliss-reactive ketones (excluding diaryl/α,β-unsaturated/α-hetero) is 1. The second-order valence-corrected chi connectivity index (χ2v) is 34.3. The molecule has 0 radical (unpaired) electrons. The molecule has 0 spiro atoms. The monoisotopic (exact) mass is 1980 g/mol. The van der Waals surface area contributed by atoms with Crippen LogP contribution in [0.15, 0.2) is 104 Å². The van der Waals surface area contributed by atoms with Crippen molar-refractivity contribution >= 4 is 70.8 Å². The molecule has 4 aromatic carbocycles. The van der Waals surface area contributed by atoms with Crippen LogP contribution < -0.4 is 64.1 Å². The standard InChI is InChI=1S/C95H137FN20O25/c1-9-66-51-71(141-31-13-12-30-116-56-70(110-115-116)58-140-46-45-139-44-43-138-42-41-137-40-39-136-38-37-135-36-35-134-34-33-133-32-28-97)23-24-72(66)67-21-19-64(20-22-67)50-76(86(125)102-74(85(98)124)18-14-15-65-48-60(2)47-61(3)49-65)103-87(126)77(53-82(122)123)104-88(127)78(57-117)105-89(128)83(62(4)118)108-93(132)95(8,54-68-16-10-11-17-73(68)96)109-90(129)84(63(5)119)107-81(121)26-25-79(120)75(52-80-111-113-114-112-80)106-92(131)94(6,7)91(130)100-29-27-69-55-99-59-101-69/h10-11,16-17,19-24,47-49,51,55-56,59,62-63,74-78,83-84,117-119H,9,12-15,18,25-46,50,52-54,57-58,97H2,1-8H3,(H2,98,124)(H,99,101)(H,100,130)(H,102,125)(H,103,126)(H,104,127)(H,105,128)(H,106,131)(H,107,121)(H,108,132)(H,109,129)(H,122,123)(H,111,112,113,114)/t62-,63-,74+,75+,76+,77+,78+,83+,84+,95-/m1/s1. The van der Waals surface area contributed by atoms with Gasteiger partial charge in [0.2, 0.25) is 59.1 Å². The lowest BCUT2D eigenvalue weighted by Crippen LogP contribution is -2.66. The van der Waals surface area contributed by atoms with Crippen molar-refractivity contribution in [2.45, 2.75) is 212 Å². The fourth-order valence-electron chi connectivity index (χ4n) is 14.5. The topological polar surface area (TPSA) is 643 Å². The highest BCUT2D eigenvalue weighted by Crippen LogP contribution is 2.30. The highest BCUT2D eigenvalue weighted by atomic mass is 19.1. The van der Waals surface area contributed by atoms with Gasteiger partial charge in [0.25, 0.3) is 0 Å². The fraction of sp³-hybridized carbons (Fsp3) is 0.558. The van der Waals surface area contributed by atoms with Crippen molar-refractivity contribution in [3.8, 4) is 16.9 Å². The summed E-state index contributed by atoms with van der Waals surface area (Å²) in [5, 5.41) is 86.8. The van der Waals surface area contributed by atoms with Crippen molar-refractivity contribution in [2.24, 2.45) is 16.9 Å². The number of aliphatic hydroxyl groups excluding tert-OH is 3. The largest absolute Gasteiger partial charge is 0.494 e. The number of benzene rings is 4. The summed E-state index contributed by atoms with van der Waals surface area (Å²) in [5.41, 5.74) is 14.3. The van der Waals surface area contributed by atoms with Gasteiger partial charge in [-0.25, -0.2) is 9.37 Å². The molecule has 0 aliphatic carbocycles. The molecule has 0 aliphatic rings. The van der Waals surface area contributed by atoms with Crippen LogP contribution in [0.5, 0.6) is 5.75 Å². The first-order valence-electron chi connectivity index (χ1n) is 46.9. The number of nitrogens with zero attached hydrogens (tertiary/aromatic N) is 7. The number of aromatic amines is 2. The maximum absolute atomic E-state index is 15.6. The Hall–Kier alpha value is -12.6. The number of aryl methyl sites for hydroxylation is 5. The van der Waals surface area contributed by atoms with Gasteiger partial charge < -0.3 is 127 Å². The number of hydrogen-bond donors (Lipinski definition) is 17. The number of carboxylic acid groups (broad SMARTS) is 1. The minimum absolute atomic E-state index is 0.0305. The molecule has 3 heterocycles. The highest BCUT2D eigenvalue weighted by molar-refractivity contribution is 6.06. The van der Waals surface area contributed by atoms with Crippen LogP contribution in [0.25, 0.3) is 11.1 Å². The summed E-state index contributed by atoms with van der Waals surface area (Å²) in [7, 11) is 0. The third-order valence-corrected chi connectivity index (χ3v) is 22.2. The Morgan fingerprint density at radius 1 is 0.574 bits per heavy atom. The predicted molar refractivity (Wildman–Crippen MR) is 506 cm³/mol. The van der Waals surface area contributed by atoms with Crippen LogP contribution >= 0.6 is 0 Å². The molecular weight excluding hydrogens is 1840 g/mol. The molecule has 19 N–H and O–H groups in total. The highest BCUT2D eigenvalue weighted by Gasteiger charge is 2.44. The van der Waals surface area contributed by atoms with Crippen LogP contribution in [-0.4, -0.2) is 322 Å². The lowest BCUT2D eigenvalue weighted by atomic mass is 9.89. The number of ketones is 1. The Bertz CT molecular complexity index is 5030. The van der Waals surface area contributed by atoms with Crippen molar-refractivity contribution in [3.05, 3.63) is 160 Å². The molecule has 10 atom stereocenters. The van der Waals surface area contributed by atoms with Crippen LogP contribution in [0.2, 0.25) is 0 Å². The predicted octanol–water partition coefficient (Wildman–Crippen LogP) is -0.282. The summed E-state index contributed by atoms with van der Waals surface area (Å²) in [5.74, 6) is -13.8. The van der Waals surface area contributed by atoms with Crippen molar-refractivity contribution in [1.29, 1.82) is 0 Å². The lowest BCUT2D eigenvalue weighted by Gasteiger charge is -2.34. The van der Waals surface area contributed by atoms with Crippen molar-refractivity contribution in [3.63, 3.8) is 0 Å². The number of aliphatic hydroxyl groups is 3. The average Bonchev–Trinajstić information content (AvgIpc) is 1.48. The molecule has 774 valence electrons. The number of nitrogens with two attached hydrogens (primary N) is 2. The van der Waals surface area contributed by atoms with E-state index in [2.05, 4.69) is 88.8 Å². The van der Waals surface area contributed by atoms with Crippen LogP contribution in [-0.2, 0) is 147 Å². The zero-order valence-electron chi connectivity index (χ0n) is 81.1. The van der Waals surface area contributed by atoms with E-state index in [0.29, 0.717) is 174 Å². The number of unbranched alkanes of at least 4 members (excludes halogenated alkanes) is 1. The molecular formula is C95H137FN20O25. The number of carbonyl (C=O) groups is 12. The molecule has 0 bridgehead atoms. The molecule has 3 aromatic heterocycles. The quantitative estimate of drug-likeness (QED) is 0.0172. The van der Waals surface area contributed by atoms with E-state index in [1.807, 2.05) is 63.4 Å². The van der Waals surface area contributed by atoms with E-state index < -0.39 is 174 Å². The van der Waals surface area contributed by atoms with Crippen LogP contribution in [0, 0.1) is 25.1 Å². The van der Waals surface area contributed by atoms with Crippen LogP contribution in [0.4, 0.5) is 4.39 Å². The van der Waals surface area contributed by atoms with Gasteiger partial charge in [-0.15, -0.1) is 15.3 Å². The first-order valence-corrected chi connectivity index (χ1v) is 46.9. The van der Waals surface area contributed by atoms with Gasteiger partial charge in [-0.1, -0.05) is 95.2 Å². The number of carbonyl (C=O) groups excluding carboxylic acids is 11. The van der Waals surface area contributed by atoms with Gasteiger partial charge in [-0.05, 0) is 139 Å². The van der Waals surface area contributed by atoms with Crippen molar-refractivity contribution in [2.75, 3.05) is 125 Å². The van der Waals surface area contributed by atoms with E-state index in [9.17, 15) is 78.0 Å². The Kier molecular flexibility index (Phi) is 50.6. The number of hydrogen-bond acceptors (Lipinski definition) is 31. The molecule has 0 fully saturated rings. The van der Waals surface area contributed by atoms with E-state index in [1.54, 1.807) is 35.1 Å². The molecule has 7 aromatic rings. The normalized spacial score (nSPS) is 13.8. The van der Waals surface area contributed by atoms with E-state index in [1.165, 1.54) is 38.4 Å². The number of nitrogens with one attached hydrogen (secondary N) is 11. The minimum Gasteiger partial charge on any atom is -0.494 e. The summed E-state index contributed by atoms with van der Waals surface area (Å²) in [6.07, 6.45) is 0.667. The number of rotatable bonds is 72. The van der Waals surface area contributed by atoms with Gasteiger partial charge in [0.1, 0.15) is 64.5 Å². The van der Waals surface area contributed by atoms with Crippen LogP contribution in [0.1, 0.15) is 137 Å². The minimum atomic E-state index is -2.40. The van der Waals surface area contributed by atoms with E-state index in [-0.39, 0.29) is 43.8 Å².